The summed E-state index contributed by atoms with van der Waals surface area (Å²) in [6.45, 7) is 10.9. The Kier molecular flexibility index (Phi) is 22.6. The second kappa shape index (κ2) is 29.9. The first-order valence-corrected chi connectivity index (χ1v) is 38.7. The average molecular weight is 1380 g/mol. The summed E-state index contributed by atoms with van der Waals surface area (Å²) in [7, 11) is 3.31. The summed E-state index contributed by atoms with van der Waals surface area (Å²) in [4.78, 5) is 53.2. The number of benzene rings is 4. The Morgan fingerprint density at radius 2 is 1.06 bits per heavy atom. The Bertz CT molecular complexity index is 3930. The predicted molar refractivity (Wildman–Crippen MR) is 355 cm³/mol. The van der Waals surface area contributed by atoms with E-state index in [0.29, 0.717) is 53.4 Å². The minimum absolute atomic E-state index is 0.122. The molecule has 0 spiro atoms. The number of pyridine rings is 2. The van der Waals surface area contributed by atoms with E-state index >= 15 is 0 Å². The minimum atomic E-state index is -2.28. The van der Waals surface area contributed by atoms with Gasteiger partial charge in [-0.15, -0.1) is 0 Å². The van der Waals surface area contributed by atoms with Gasteiger partial charge in [0, 0.05) is 40.5 Å². The van der Waals surface area contributed by atoms with Crippen molar-refractivity contribution < 1.29 is 9.47 Å². The minimum Gasteiger partial charge on any atom is -0.473 e. The second-order valence-electron chi connectivity index (χ2n) is 20.1. The maximum atomic E-state index is 13.7. The fourth-order valence-electron chi connectivity index (χ4n) is 10.1. The standard InChI is InChI=1S/C25H21ClN6O2S.C21H17BrClN5O.C4H4NOS.3C4H9.Sn/c1-14(29-22-17(12-28-24(27)31-22)19-13-35-25(30-19)34-2)20-11-15-7-6-10-18(26)21(15)23(33)32(20)16-8-4-3-5-9-16;1-12(26-19-15(22)11-25-21(24)27-19)17-10-13-6-5-9-16(23)18(13)20(29)28(17)14-7-3-2-4-8-14;1-6-4-5-2-3-7-4;3*1-3-4-2;/h3-14H,1-2H3,(H3,27,28,29,31);2-12H,1H3,(H3,24,25,26,27);3H,1H3;3*1,3-4H2,2H3;/t14-;12-;;;;;/m00...../s1. The smallest absolute Gasteiger partial charge is 0.273 e. The van der Waals surface area contributed by atoms with Crippen molar-refractivity contribution in [2.75, 3.05) is 36.3 Å². The topological polar surface area (TPSA) is 216 Å². The third kappa shape index (κ3) is 15.1. The zero-order chi connectivity index (χ0) is 59.9. The number of fused-ring (bicyclic) bond motifs is 2. The van der Waals surface area contributed by atoms with Crippen molar-refractivity contribution in [2.24, 2.45) is 0 Å². The van der Waals surface area contributed by atoms with Gasteiger partial charge in [-0.1, -0.05) is 95.2 Å². The number of anilines is 4. The van der Waals surface area contributed by atoms with Crippen molar-refractivity contribution in [3.05, 3.63) is 179 Å². The van der Waals surface area contributed by atoms with Gasteiger partial charge >= 0.3 is 133 Å². The van der Waals surface area contributed by atoms with E-state index in [9.17, 15) is 9.59 Å². The van der Waals surface area contributed by atoms with E-state index in [0.717, 1.165) is 38.7 Å². The van der Waals surface area contributed by atoms with Crippen LogP contribution in [0.2, 0.25) is 23.4 Å². The van der Waals surface area contributed by atoms with Crippen LogP contribution >= 0.6 is 61.8 Å². The average Bonchev–Trinajstić information content (AvgIpc) is 1.96. The zero-order valence-electron chi connectivity index (χ0n) is 48.0. The fraction of sp³-hybridized carbons (Fsp3) is 0.290. The summed E-state index contributed by atoms with van der Waals surface area (Å²) in [6, 6.07) is 33.1. The molecule has 10 aromatic rings. The monoisotopic (exact) mass is 1380 g/mol. The van der Waals surface area contributed by atoms with Crippen LogP contribution in [0.25, 0.3) is 44.2 Å². The number of nitrogens with zero attached hydrogens (tertiary/aromatic N) is 8. The predicted octanol–water partition coefficient (Wildman–Crippen LogP) is 15.5. The van der Waals surface area contributed by atoms with Crippen LogP contribution in [0.3, 0.4) is 0 Å². The van der Waals surface area contributed by atoms with Crippen LogP contribution in [-0.2, 0) is 0 Å². The number of para-hydroxylation sites is 2. The molecule has 438 valence electrons. The van der Waals surface area contributed by atoms with E-state index in [1.54, 1.807) is 59.2 Å². The summed E-state index contributed by atoms with van der Waals surface area (Å²) in [5.74, 6) is 1.32. The van der Waals surface area contributed by atoms with E-state index < -0.39 is 18.4 Å². The van der Waals surface area contributed by atoms with Crippen LogP contribution in [-0.4, -0.2) is 71.6 Å². The summed E-state index contributed by atoms with van der Waals surface area (Å²) in [6.07, 6.45) is 11.3. The van der Waals surface area contributed by atoms with Crippen molar-refractivity contribution in [2.45, 2.75) is 98.5 Å². The Hall–Kier alpha value is -6.62. The van der Waals surface area contributed by atoms with Gasteiger partial charge in [0.2, 0.25) is 11.9 Å². The van der Waals surface area contributed by atoms with Crippen LogP contribution in [0.15, 0.2) is 146 Å². The molecule has 0 bridgehead atoms. The third-order valence-electron chi connectivity index (χ3n) is 14.4. The van der Waals surface area contributed by atoms with E-state index in [1.165, 1.54) is 66.9 Å². The third-order valence-corrected chi connectivity index (χ3v) is 32.9. The number of methoxy groups -OCH3 is 2. The van der Waals surface area contributed by atoms with Crippen molar-refractivity contribution in [3.63, 3.8) is 0 Å². The molecule has 0 aliphatic heterocycles. The van der Waals surface area contributed by atoms with Crippen LogP contribution in [0.5, 0.6) is 10.4 Å². The van der Waals surface area contributed by atoms with E-state index in [2.05, 4.69) is 77.6 Å². The first-order chi connectivity index (χ1) is 40.6. The maximum Gasteiger partial charge on any atom is 0.273 e. The molecule has 0 saturated carbocycles. The van der Waals surface area contributed by atoms with Crippen molar-refractivity contribution in [1.29, 1.82) is 0 Å². The summed E-state index contributed by atoms with van der Waals surface area (Å²) in [5, 5.41) is 15.6. The molecular formula is C62H69BrCl2N12O4S2Sn. The number of unbranched alkanes of at least 4 members (excludes halogenated alkanes) is 3. The number of aromatic nitrogens is 8. The first kappa shape index (κ1) is 63.4. The summed E-state index contributed by atoms with van der Waals surface area (Å²) >= 11 is 17.0. The van der Waals surface area contributed by atoms with Crippen LogP contribution in [0, 0.1) is 0 Å². The van der Waals surface area contributed by atoms with Gasteiger partial charge in [-0.3, -0.25) is 18.7 Å². The second-order valence-corrected chi connectivity index (χ2v) is 36.5. The van der Waals surface area contributed by atoms with Gasteiger partial charge in [0.15, 0.2) is 0 Å². The molecular weight excluding hydrogens is 1310 g/mol. The molecule has 0 aliphatic rings. The SMILES string of the molecule is CCC[CH2][Sn]([CH2]CCC)([CH2]CCC)[c]1csc(OC)n1.COc1nc(-c2cnc(N)nc2N[C@@H](C)c2cc3cccc(Cl)c3c(=O)n2-c2ccccc2)cs1.C[C@H](Nc1nc(N)ncc1Br)c1cc2cccc(Cl)c2c(=O)n1-c1ccccc1. The number of hydrogen-bond donors (Lipinski definition) is 4. The molecule has 2 atom stereocenters. The summed E-state index contributed by atoms with van der Waals surface area (Å²) < 4.78 is 20.5. The van der Waals surface area contributed by atoms with Gasteiger partial charge in [0.25, 0.3) is 16.3 Å². The molecule has 0 saturated heterocycles. The fourth-order valence-corrected chi connectivity index (χ4v) is 29.3. The molecule has 0 aliphatic carbocycles. The van der Waals surface area contributed by atoms with Crippen LogP contribution in [0.1, 0.15) is 96.6 Å². The normalized spacial score (nSPS) is 12.0. The van der Waals surface area contributed by atoms with Crippen LogP contribution < -0.4 is 46.4 Å². The maximum absolute atomic E-state index is 13.7. The Labute approximate surface area is 520 Å². The molecule has 6 N–H and O–H groups in total. The number of rotatable bonds is 21. The van der Waals surface area contributed by atoms with Gasteiger partial charge in [-0.05, 0) is 89.1 Å². The Morgan fingerprint density at radius 3 is 1.52 bits per heavy atom. The van der Waals surface area contributed by atoms with Gasteiger partial charge < -0.3 is 26.8 Å². The molecule has 6 aromatic heterocycles. The van der Waals surface area contributed by atoms with Gasteiger partial charge in [-0.25, -0.2) is 15.0 Å². The molecule has 0 unspecified atom stereocenters. The number of thiazole rings is 2. The first-order valence-electron chi connectivity index (χ1n) is 27.9. The molecule has 4 aromatic carbocycles. The molecule has 0 amide bonds. The Morgan fingerprint density at radius 1 is 0.607 bits per heavy atom. The van der Waals surface area contributed by atoms with Crippen molar-refractivity contribution >= 4 is 129 Å². The largest absolute Gasteiger partial charge is 0.473 e. The molecule has 10 rings (SSSR count). The molecule has 0 fully saturated rings. The van der Waals surface area contributed by atoms with Gasteiger partial charge in [-0.2, -0.15) is 9.97 Å². The van der Waals surface area contributed by atoms with E-state index in [1.807, 2.05) is 116 Å². The van der Waals surface area contributed by atoms with E-state index in [-0.39, 0.29) is 35.1 Å². The molecule has 22 heteroatoms. The number of nitrogens with one attached hydrogen (secondary N) is 2. The Balaban J connectivity index is 0.000000171. The van der Waals surface area contributed by atoms with Gasteiger partial charge in [0.05, 0.1) is 55.7 Å². The number of nitrogen functional groups attached to an aromatic ring is 2. The number of ether oxygens (including phenoxy) is 2. The summed E-state index contributed by atoms with van der Waals surface area (Å²) in [5.41, 5.74) is 15.6. The molecule has 16 nitrogen and oxygen atoms in total. The number of halogens is 3. The van der Waals surface area contributed by atoms with Gasteiger partial charge in [0.1, 0.15) is 11.6 Å². The van der Waals surface area contributed by atoms with Crippen molar-refractivity contribution in [3.8, 4) is 33.0 Å². The molecule has 84 heavy (non-hydrogen) atoms. The van der Waals surface area contributed by atoms with E-state index in [4.69, 9.17) is 49.1 Å². The van der Waals surface area contributed by atoms with Crippen molar-refractivity contribution in [1.82, 2.24) is 39.0 Å². The zero-order valence-corrected chi connectivity index (χ0v) is 55.6. The quantitative estimate of drug-likeness (QED) is 0.0493. The molecule has 6 heterocycles. The number of hydrogen-bond acceptors (Lipinski definition) is 16. The molecule has 0 radical (unpaired) electrons. The number of nitrogens with two attached hydrogens (primary N) is 2. The van der Waals surface area contributed by atoms with Crippen LogP contribution in [0.4, 0.5) is 23.5 Å².